The van der Waals surface area contributed by atoms with Crippen molar-refractivity contribution >= 4 is 0 Å². The van der Waals surface area contributed by atoms with Crippen LogP contribution in [0.3, 0.4) is 0 Å². The first-order chi connectivity index (χ1) is 14.5. The lowest BCUT2D eigenvalue weighted by molar-refractivity contribution is -0.265. The topological polar surface area (TPSA) is 46.2 Å². The molecule has 7 atom stereocenters. The van der Waals surface area contributed by atoms with E-state index in [0.717, 1.165) is 64.1 Å². The highest BCUT2D eigenvalue weighted by atomic mass is 16.7. The number of methoxy groups -OCH3 is 1. The van der Waals surface area contributed by atoms with E-state index in [9.17, 15) is 0 Å². The molecule has 6 fully saturated rings. The number of hydrogen-bond donors (Lipinski definition) is 0. The molecule has 0 radical (unpaired) electrons. The average molecular weight is 421 g/mol. The van der Waals surface area contributed by atoms with Crippen molar-refractivity contribution in [1.29, 1.82) is 0 Å². The molecule has 2 heterocycles. The van der Waals surface area contributed by atoms with Crippen LogP contribution in [-0.4, -0.2) is 51.7 Å². The minimum absolute atomic E-state index is 0.166. The van der Waals surface area contributed by atoms with Gasteiger partial charge in [-0.15, -0.1) is 0 Å². The first-order valence-electron chi connectivity index (χ1n) is 12.5. The average Bonchev–Trinajstić information content (AvgIpc) is 3.45. The van der Waals surface area contributed by atoms with E-state index in [1.54, 1.807) is 0 Å². The number of hydrogen-bond acceptors (Lipinski definition) is 5. The standard InChI is InChI=1S/C25H40O5/c1-22-8-9-24(27-10-11-28-24)15-21(22)17(16-26-3)14-18-19(22)4-6-23(2)20(18)5-7-25(23)29-12-13-30-25/h17-21H,4-16H2,1-3H3/t17-,18-,19+,20+,21?,22-,23+/m1/s1. The maximum absolute atomic E-state index is 6.34. The highest BCUT2D eigenvalue weighted by molar-refractivity contribution is 5.14. The Balaban J connectivity index is 1.33. The Morgan fingerprint density at radius 1 is 0.800 bits per heavy atom. The van der Waals surface area contributed by atoms with E-state index in [1.807, 2.05) is 7.11 Å². The summed E-state index contributed by atoms with van der Waals surface area (Å²) in [6.45, 7) is 9.01. The fourth-order valence-corrected chi connectivity index (χ4v) is 9.47. The van der Waals surface area contributed by atoms with Crippen LogP contribution < -0.4 is 0 Å². The smallest absolute Gasteiger partial charge is 0.174 e. The van der Waals surface area contributed by atoms with E-state index in [4.69, 9.17) is 23.7 Å². The zero-order valence-electron chi connectivity index (χ0n) is 19.1. The lowest BCUT2D eigenvalue weighted by Gasteiger charge is -2.64. The highest BCUT2D eigenvalue weighted by Gasteiger charge is 2.69. The van der Waals surface area contributed by atoms with E-state index in [1.165, 1.54) is 32.1 Å². The normalized spacial score (nSPS) is 51.1. The summed E-state index contributed by atoms with van der Waals surface area (Å²) < 4.78 is 30.9. The summed E-state index contributed by atoms with van der Waals surface area (Å²) in [5.41, 5.74) is 0.528. The first-order valence-corrected chi connectivity index (χ1v) is 12.5. The van der Waals surface area contributed by atoms with Gasteiger partial charge in [-0.1, -0.05) is 13.8 Å². The summed E-state index contributed by atoms with van der Waals surface area (Å²) in [4.78, 5) is 0. The van der Waals surface area contributed by atoms with Crippen molar-refractivity contribution in [2.45, 2.75) is 76.8 Å². The van der Waals surface area contributed by atoms with Crippen LogP contribution in [-0.2, 0) is 23.7 Å². The summed E-state index contributed by atoms with van der Waals surface area (Å²) in [6, 6.07) is 0. The summed E-state index contributed by atoms with van der Waals surface area (Å²) in [7, 11) is 1.88. The Hall–Kier alpha value is -0.200. The molecule has 5 nitrogen and oxygen atoms in total. The minimum Gasteiger partial charge on any atom is -0.384 e. The van der Waals surface area contributed by atoms with Gasteiger partial charge in [-0.3, -0.25) is 0 Å². The van der Waals surface area contributed by atoms with Gasteiger partial charge in [-0.2, -0.15) is 0 Å². The lowest BCUT2D eigenvalue weighted by atomic mass is 9.42. The summed E-state index contributed by atoms with van der Waals surface area (Å²) in [5, 5.41) is 0. The molecule has 6 aliphatic rings. The van der Waals surface area contributed by atoms with Gasteiger partial charge in [0.25, 0.3) is 0 Å². The molecule has 0 aromatic rings. The fourth-order valence-electron chi connectivity index (χ4n) is 9.47. The Labute approximate surface area is 181 Å². The molecule has 2 aliphatic heterocycles. The Bertz CT molecular complexity index is 668. The Morgan fingerprint density at radius 3 is 2.23 bits per heavy atom. The van der Waals surface area contributed by atoms with Crippen molar-refractivity contribution < 1.29 is 23.7 Å². The third-order valence-corrected chi connectivity index (χ3v) is 10.8. The van der Waals surface area contributed by atoms with Crippen molar-refractivity contribution in [1.82, 2.24) is 0 Å². The maximum Gasteiger partial charge on any atom is 0.174 e. The second-order valence-corrected chi connectivity index (χ2v) is 11.7. The predicted molar refractivity (Wildman–Crippen MR) is 112 cm³/mol. The Kier molecular flexibility index (Phi) is 4.69. The third-order valence-electron chi connectivity index (χ3n) is 10.8. The van der Waals surface area contributed by atoms with Crippen molar-refractivity contribution in [3.8, 4) is 0 Å². The van der Waals surface area contributed by atoms with E-state index >= 15 is 0 Å². The molecule has 0 aromatic heterocycles. The van der Waals surface area contributed by atoms with E-state index in [2.05, 4.69) is 13.8 Å². The molecule has 30 heavy (non-hydrogen) atoms. The van der Waals surface area contributed by atoms with Crippen molar-refractivity contribution in [3.63, 3.8) is 0 Å². The first kappa shape index (κ1) is 20.4. The quantitative estimate of drug-likeness (QED) is 0.663. The molecule has 0 amide bonds. The summed E-state index contributed by atoms with van der Waals surface area (Å²) in [6.07, 6.45) is 9.51. The van der Waals surface area contributed by atoms with Gasteiger partial charge < -0.3 is 23.7 Å². The molecule has 2 spiro atoms. The van der Waals surface area contributed by atoms with Gasteiger partial charge in [0, 0.05) is 38.4 Å². The SMILES string of the molecule is COC[C@H]1C[C@@H]2[C@H](CC[C@@]3(C)[C@H]2CCC32OCCO2)[C@@]2(C)CCC3(CC12)OCCO3. The largest absolute Gasteiger partial charge is 0.384 e. The molecule has 5 heteroatoms. The van der Waals surface area contributed by atoms with Gasteiger partial charge in [-0.05, 0) is 67.1 Å². The van der Waals surface area contributed by atoms with Gasteiger partial charge >= 0.3 is 0 Å². The summed E-state index contributed by atoms with van der Waals surface area (Å²) in [5.74, 6) is 2.87. The molecule has 4 aliphatic carbocycles. The molecule has 1 unspecified atom stereocenters. The molecule has 4 saturated carbocycles. The zero-order chi connectivity index (χ0) is 20.6. The highest BCUT2D eigenvalue weighted by Crippen LogP contribution is 2.71. The second-order valence-electron chi connectivity index (χ2n) is 11.7. The lowest BCUT2D eigenvalue weighted by Crippen LogP contribution is -2.60. The van der Waals surface area contributed by atoms with E-state index < -0.39 is 0 Å². The van der Waals surface area contributed by atoms with Crippen LogP contribution in [0.25, 0.3) is 0 Å². The van der Waals surface area contributed by atoms with Crippen molar-refractivity contribution in [2.24, 2.45) is 40.4 Å². The molecule has 6 rings (SSSR count). The molecule has 0 aromatic carbocycles. The van der Waals surface area contributed by atoms with Gasteiger partial charge in [0.1, 0.15) is 0 Å². The van der Waals surface area contributed by atoms with E-state index in [-0.39, 0.29) is 17.0 Å². The van der Waals surface area contributed by atoms with Crippen LogP contribution in [0.4, 0.5) is 0 Å². The zero-order valence-corrected chi connectivity index (χ0v) is 19.1. The van der Waals surface area contributed by atoms with Crippen LogP contribution in [0, 0.1) is 40.4 Å². The number of rotatable bonds is 2. The molecule has 0 N–H and O–H groups in total. The van der Waals surface area contributed by atoms with Gasteiger partial charge in [0.15, 0.2) is 11.6 Å². The molecule has 170 valence electrons. The predicted octanol–water partition coefficient (Wildman–Crippen LogP) is 4.39. The maximum atomic E-state index is 6.34. The molecular formula is C25H40O5. The van der Waals surface area contributed by atoms with Gasteiger partial charge in [0.05, 0.1) is 26.4 Å². The third kappa shape index (κ3) is 2.59. The fraction of sp³-hybridized carbons (Fsp3) is 1.00. The van der Waals surface area contributed by atoms with Crippen LogP contribution in [0.15, 0.2) is 0 Å². The van der Waals surface area contributed by atoms with Crippen LogP contribution in [0.1, 0.15) is 65.2 Å². The van der Waals surface area contributed by atoms with Gasteiger partial charge in [0.2, 0.25) is 0 Å². The second kappa shape index (κ2) is 6.90. The minimum atomic E-state index is -0.310. The van der Waals surface area contributed by atoms with Crippen molar-refractivity contribution in [2.75, 3.05) is 40.1 Å². The number of fused-ring (bicyclic) bond motifs is 6. The molecule has 2 saturated heterocycles. The monoisotopic (exact) mass is 420 g/mol. The van der Waals surface area contributed by atoms with Crippen LogP contribution >= 0.6 is 0 Å². The Morgan fingerprint density at radius 2 is 1.50 bits per heavy atom. The van der Waals surface area contributed by atoms with Crippen LogP contribution in [0.5, 0.6) is 0 Å². The van der Waals surface area contributed by atoms with Crippen LogP contribution in [0.2, 0.25) is 0 Å². The van der Waals surface area contributed by atoms with E-state index in [0.29, 0.717) is 23.2 Å². The van der Waals surface area contributed by atoms with Gasteiger partial charge in [-0.25, -0.2) is 0 Å². The number of ether oxygens (including phenoxy) is 5. The summed E-state index contributed by atoms with van der Waals surface area (Å²) >= 11 is 0. The molecule has 0 bridgehead atoms. The van der Waals surface area contributed by atoms with Crippen molar-refractivity contribution in [3.05, 3.63) is 0 Å². The molecular weight excluding hydrogens is 380 g/mol.